The summed E-state index contributed by atoms with van der Waals surface area (Å²) in [5, 5.41) is 1.97. The molecule has 1 aromatic carbocycles. The van der Waals surface area contributed by atoms with Gasteiger partial charge in [0.15, 0.2) is 5.13 Å². The molecule has 0 saturated heterocycles. The molecule has 18 heavy (non-hydrogen) atoms. The lowest BCUT2D eigenvalue weighted by atomic mass is 10.2. The Balaban J connectivity index is 2.08. The molecule has 1 heterocycles. The summed E-state index contributed by atoms with van der Waals surface area (Å²) in [5.41, 5.74) is 6.52. The molecule has 0 saturated carbocycles. The van der Waals surface area contributed by atoms with Gasteiger partial charge in [-0.05, 0) is 17.7 Å². The maximum atomic E-state index is 13.0. The molecule has 0 aliphatic rings. The number of nitrogens with zero attached hydrogens (tertiary/aromatic N) is 2. The number of nitrogen functional groups attached to an aromatic ring is 1. The van der Waals surface area contributed by atoms with Crippen LogP contribution in [0.2, 0.25) is 0 Å². The van der Waals surface area contributed by atoms with Crippen molar-refractivity contribution < 1.29 is 9.18 Å². The number of hydrogen-bond donors (Lipinski definition) is 1. The monoisotopic (exact) mass is 265 g/mol. The van der Waals surface area contributed by atoms with E-state index in [4.69, 9.17) is 5.73 Å². The van der Waals surface area contributed by atoms with Crippen LogP contribution in [0.3, 0.4) is 0 Å². The zero-order valence-corrected chi connectivity index (χ0v) is 10.6. The Morgan fingerprint density at radius 1 is 1.56 bits per heavy atom. The number of carbonyl (C=O) groups is 1. The van der Waals surface area contributed by atoms with E-state index in [-0.39, 0.29) is 11.7 Å². The van der Waals surface area contributed by atoms with Gasteiger partial charge in [0.05, 0.1) is 0 Å². The number of nitrogens with two attached hydrogens (primary N) is 1. The molecule has 2 rings (SSSR count). The summed E-state index contributed by atoms with van der Waals surface area (Å²) in [6, 6.07) is 6.15. The fourth-order valence-electron chi connectivity index (χ4n) is 1.56. The summed E-state index contributed by atoms with van der Waals surface area (Å²) in [5.74, 6) is -0.543. The summed E-state index contributed by atoms with van der Waals surface area (Å²) in [7, 11) is 1.64. The standard InChI is InChI=1S/C12H12FN3OS/c1-16(6-8-3-2-4-9(13)5-8)11(17)10-7-18-12(14)15-10/h2-5,7H,6H2,1H3,(H2,14,15). The van der Waals surface area contributed by atoms with Crippen LogP contribution in [0.4, 0.5) is 9.52 Å². The van der Waals surface area contributed by atoms with Crippen molar-refractivity contribution in [3.63, 3.8) is 0 Å². The summed E-state index contributed by atoms with van der Waals surface area (Å²) in [4.78, 5) is 17.4. The van der Waals surface area contributed by atoms with Crippen LogP contribution in [0, 0.1) is 5.82 Å². The molecule has 0 aliphatic heterocycles. The SMILES string of the molecule is CN(Cc1cccc(F)c1)C(=O)c1csc(N)n1. The average molecular weight is 265 g/mol. The average Bonchev–Trinajstić information content (AvgIpc) is 2.75. The predicted molar refractivity (Wildman–Crippen MR) is 68.7 cm³/mol. The van der Waals surface area contributed by atoms with Crippen LogP contribution in [0.5, 0.6) is 0 Å². The minimum Gasteiger partial charge on any atom is -0.375 e. The van der Waals surface area contributed by atoms with Crippen LogP contribution in [0.1, 0.15) is 16.1 Å². The number of thiazole rings is 1. The van der Waals surface area contributed by atoms with Crippen LogP contribution >= 0.6 is 11.3 Å². The largest absolute Gasteiger partial charge is 0.375 e. The van der Waals surface area contributed by atoms with Gasteiger partial charge in [-0.25, -0.2) is 9.37 Å². The molecule has 0 spiro atoms. The van der Waals surface area contributed by atoms with Gasteiger partial charge in [-0.1, -0.05) is 12.1 Å². The fourth-order valence-corrected chi connectivity index (χ4v) is 2.10. The van der Waals surface area contributed by atoms with E-state index < -0.39 is 0 Å². The van der Waals surface area contributed by atoms with Crippen molar-refractivity contribution in [3.8, 4) is 0 Å². The zero-order valence-electron chi connectivity index (χ0n) is 9.76. The number of amides is 1. The first kappa shape index (κ1) is 12.5. The molecule has 0 aliphatic carbocycles. The number of benzene rings is 1. The molecule has 6 heteroatoms. The van der Waals surface area contributed by atoms with Gasteiger partial charge in [0.25, 0.3) is 5.91 Å². The topological polar surface area (TPSA) is 59.2 Å². The molecule has 94 valence electrons. The quantitative estimate of drug-likeness (QED) is 0.925. The molecule has 2 N–H and O–H groups in total. The summed E-state index contributed by atoms with van der Waals surface area (Å²) < 4.78 is 13.0. The Kier molecular flexibility index (Phi) is 3.57. The first-order chi connectivity index (χ1) is 8.56. The lowest BCUT2D eigenvalue weighted by Crippen LogP contribution is -2.26. The summed E-state index contributed by atoms with van der Waals surface area (Å²) in [6.07, 6.45) is 0. The minimum atomic E-state index is -0.314. The third-order valence-corrected chi connectivity index (χ3v) is 3.07. The fraction of sp³-hybridized carbons (Fsp3) is 0.167. The van der Waals surface area contributed by atoms with Crippen molar-refractivity contribution in [2.24, 2.45) is 0 Å². The number of carbonyl (C=O) groups excluding carboxylic acids is 1. The van der Waals surface area contributed by atoms with Gasteiger partial charge in [-0.15, -0.1) is 11.3 Å². The van der Waals surface area contributed by atoms with E-state index in [1.165, 1.54) is 28.4 Å². The second-order valence-corrected chi connectivity index (χ2v) is 4.75. The third-order valence-electron chi connectivity index (χ3n) is 2.40. The van der Waals surface area contributed by atoms with Crippen molar-refractivity contribution in [2.75, 3.05) is 12.8 Å². The maximum Gasteiger partial charge on any atom is 0.273 e. The van der Waals surface area contributed by atoms with Crippen LogP contribution < -0.4 is 5.73 Å². The van der Waals surface area contributed by atoms with Crippen molar-refractivity contribution in [1.29, 1.82) is 0 Å². The van der Waals surface area contributed by atoms with E-state index >= 15 is 0 Å². The van der Waals surface area contributed by atoms with Crippen molar-refractivity contribution >= 4 is 22.4 Å². The molecule has 0 unspecified atom stereocenters. The molecule has 2 aromatic rings. The molecule has 1 aromatic heterocycles. The molecule has 0 bridgehead atoms. The Bertz CT molecular complexity index is 570. The van der Waals surface area contributed by atoms with Gasteiger partial charge in [-0.3, -0.25) is 4.79 Å². The molecule has 1 amide bonds. The number of aromatic nitrogens is 1. The van der Waals surface area contributed by atoms with Gasteiger partial charge in [0.1, 0.15) is 11.5 Å². The highest BCUT2D eigenvalue weighted by atomic mass is 32.1. The lowest BCUT2D eigenvalue weighted by Gasteiger charge is -2.15. The van der Waals surface area contributed by atoms with Gasteiger partial charge < -0.3 is 10.6 Å². The van der Waals surface area contributed by atoms with Crippen LogP contribution in [0.25, 0.3) is 0 Å². The van der Waals surface area contributed by atoms with E-state index in [9.17, 15) is 9.18 Å². The third kappa shape index (κ3) is 2.84. The first-order valence-electron chi connectivity index (χ1n) is 5.27. The number of anilines is 1. The van der Waals surface area contributed by atoms with Crippen LogP contribution in [0.15, 0.2) is 29.6 Å². The second kappa shape index (κ2) is 5.14. The van der Waals surface area contributed by atoms with Gasteiger partial charge in [-0.2, -0.15) is 0 Å². The summed E-state index contributed by atoms with van der Waals surface area (Å²) >= 11 is 1.22. The smallest absolute Gasteiger partial charge is 0.273 e. The van der Waals surface area contributed by atoms with Gasteiger partial charge >= 0.3 is 0 Å². The van der Waals surface area contributed by atoms with E-state index in [1.807, 2.05) is 0 Å². The van der Waals surface area contributed by atoms with Crippen molar-refractivity contribution in [1.82, 2.24) is 9.88 Å². The van der Waals surface area contributed by atoms with Gasteiger partial charge in [0.2, 0.25) is 0 Å². The molecule has 0 atom stereocenters. The highest BCUT2D eigenvalue weighted by Crippen LogP contribution is 2.14. The number of halogens is 1. The Morgan fingerprint density at radius 3 is 2.94 bits per heavy atom. The number of rotatable bonds is 3. The van der Waals surface area contributed by atoms with E-state index in [2.05, 4.69) is 4.98 Å². The Labute approximate surface area is 108 Å². The van der Waals surface area contributed by atoms with E-state index in [1.54, 1.807) is 24.6 Å². The lowest BCUT2D eigenvalue weighted by molar-refractivity contribution is 0.0780. The van der Waals surface area contributed by atoms with E-state index in [0.29, 0.717) is 17.4 Å². The highest BCUT2D eigenvalue weighted by molar-refractivity contribution is 7.13. The van der Waals surface area contributed by atoms with E-state index in [0.717, 1.165) is 5.56 Å². The van der Waals surface area contributed by atoms with Crippen molar-refractivity contribution in [2.45, 2.75) is 6.54 Å². The Hall–Kier alpha value is -1.95. The molecule has 0 fully saturated rings. The van der Waals surface area contributed by atoms with Crippen molar-refractivity contribution in [3.05, 3.63) is 46.7 Å². The highest BCUT2D eigenvalue weighted by Gasteiger charge is 2.15. The van der Waals surface area contributed by atoms with Gasteiger partial charge in [0, 0.05) is 19.0 Å². The predicted octanol–water partition coefficient (Wildman–Crippen LogP) is 2.14. The molecular weight excluding hydrogens is 253 g/mol. The molecule has 4 nitrogen and oxygen atoms in total. The normalized spacial score (nSPS) is 10.3. The molecule has 0 radical (unpaired) electrons. The molecular formula is C12H12FN3OS. The first-order valence-corrected chi connectivity index (χ1v) is 6.15. The van der Waals surface area contributed by atoms with Crippen LogP contribution in [-0.2, 0) is 6.54 Å². The summed E-state index contributed by atoms with van der Waals surface area (Å²) in [6.45, 7) is 0.327. The zero-order chi connectivity index (χ0) is 13.1. The number of hydrogen-bond acceptors (Lipinski definition) is 4. The minimum absolute atomic E-state index is 0.229. The Morgan fingerprint density at radius 2 is 2.33 bits per heavy atom. The van der Waals surface area contributed by atoms with Crippen LogP contribution in [-0.4, -0.2) is 22.8 Å². The maximum absolute atomic E-state index is 13.0. The second-order valence-electron chi connectivity index (χ2n) is 3.86.